The highest BCUT2D eigenvalue weighted by Crippen LogP contribution is 2.26. The van der Waals surface area contributed by atoms with E-state index in [1.807, 2.05) is 0 Å². The molecule has 0 aliphatic heterocycles. The van der Waals surface area contributed by atoms with Gasteiger partial charge in [0.25, 0.3) is 0 Å². The molecule has 164 valence electrons. The van der Waals surface area contributed by atoms with Gasteiger partial charge >= 0.3 is 11.9 Å². The summed E-state index contributed by atoms with van der Waals surface area (Å²) in [5.74, 6) is -0.513. The van der Waals surface area contributed by atoms with E-state index in [0.717, 1.165) is 12.2 Å². The molecule has 0 amide bonds. The fourth-order valence-corrected chi connectivity index (χ4v) is 3.65. The summed E-state index contributed by atoms with van der Waals surface area (Å²) in [5.41, 5.74) is 0. The van der Waals surface area contributed by atoms with E-state index in [1.54, 1.807) is 24.3 Å². The molecule has 0 bridgehead atoms. The van der Waals surface area contributed by atoms with Gasteiger partial charge in [0.15, 0.2) is 0 Å². The zero-order chi connectivity index (χ0) is 22.7. The molecule has 0 aliphatic carbocycles. The number of sulfone groups is 1. The van der Waals surface area contributed by atoms with Crippen molar-refractivity contribution < 1.29 is 37.0 Å². The molecule has 0 aliphatic rings. The van der Waals surface area contributed by atoms with Gasteiger partial charge in [0.05, 0.1) is 9.79 Å². The Morgan fingerprint density at radius 2 is 1.16 bits per heavy atom. The predicted molar refractivity (Wildman–Crippen MR) is 112 cm³/mol. The molecule has 0 saturated carbocycles. The lowest BCUT2D eigenvalue weighted by Gasteiger charge is -2.11. The molecule has 8 nitrogen and oxygen atoms in total. The first-order valence-electron chi connectivity index (χ1n) is 9.16. The molecule has 0 aromatic heterocycles. The van der Waals surface area contributed by atoms with Crippen LogP contribution in [0.4, 0.5) is 0 Å². The Bertz CT molecular complexity index is 965. The SMILES string of the molecule is C=CC(=O)OCCOc1cccc(S(=O)(=O)c2cccc(OCCOC(=O)C=C)c2)c1. The molecule has 0 atom stereocenters. The van der Waals surface area contributed by atoms with Crippen molar-refractivity contribution in [2.45, 2.75) is 9.79 Å². The number of carbonyl (C=O) groups excluding carboxylic acids is 2. The second-order valence-electron chi connectivity index (χ2n) is 5.89. The van der Waals surface area contributed by atoms with Crippen LogP contribution in [0.1, 0.15) is 0 Å². The molecule has 0 unspecified atom stereocenters. The zero-order valence-electron chi connectivity index (χ0n) is 16.7. The van der Waals surface area contributed by atoms with Crippen LogP contribution in [0.5, 0.6) is 11.5 Å². The third-order valence-electron chi connectivity index (χ3n) is 3.76. The van der Waals surface area contributed by atoms with Crippen molar-refractivity contribution in [3.8, 4) is 11.5 Å². The van der Waals surface area contributed by atoms with E-state index in [9.17, 15) is 18.0 Å². The summed E-state index contributed by atoms with van der Waals surface area (Å²) in [6, 6.07) is 11.9. The lowest BCUT2D eigenvalue weighted by atomic mass is 10.3. The van der Waals surface area contributed by atoms with Gasteiger partial charge in [-0.3, -0.25) is 0 Å². The molecule has 2 aromatic carbocycles. The highest BCUT2D eigenvalue weighted by Gasteiger charge is 2.19. The fourth-order valence-electron chi connectivity index (χ4n) is 2.32. The molecule has 0 heterocycles. The van der Waals surface area contributed by atoms with Crippen LogP contribution in [0.25, 0.3) is 0 Å². The summed E-state index contributed by atoms with van der Waals surface area (Å²) in [7, 11) is -3.84. The van der Waals surface area contributed by atoms with E-state index in [0.29, 0.717) is 11.5 Å². The molecule has 31 heavy (non-hydrogen) atoms. The van der Waals surface area contributed by atoms with Gasteiger partial charge in [0.1, 0.15) is 37.9 Å². The van der Waals surface area contributed by atoms with Crippen LogP contribution in [0.3, 0.4) is 0 Å². The van der Waals surface area contributed by atoms with E-state index >= 15 is 0 Å². The minimum atomic E-state index is -3.84. The summed E-state index contributed by atoms with van der Waals surface area (Å²) in [6.07, 6.45) is 2.08. The first kappa shape index (κ1) is 23.7. The Hall–Kier alpha value is -3.59. The third-order valence-corrected chi connectivity index (χ3v) is 5.51. The van der Waals surface area contributed by atoms with Crippen LogP contribution < -0.4 is 9.47 Å². The summed E-state index contributed by atoms with van der Waals surface area (Å²) in [4.78, 5) is 22.1. The predicted octanol–water partition coefficient (Wildman–Crippen LogP) is 2.74. The molecular weight excluding hydrogens is 424 g/mol. The van der Waals surface area contributed by atoms with Gasteiger partial charge in [0, 0.05) is 12.2 Å². The molecule has 2 aromatic rings. The van der Waals surface area contributed by atoms with Gasteiger partial charge in [-0.25, -0.2) is 18.0 Å². The fraction of sp³-hybridized carbons (Fsp3) is 0.182. The van der Waals surface area contributed by atoms with Crippen LogP contribution in [0.15, 0.2) is 83.6 Å². The van der Waals surface area contributed by atoms with Crippen molar-refractivity contribution in [1.29, 1.82) is 0 Å². The molecule has 2 rings (SSSR count). The van der Waals surface area contributed by atoms with Gasteiger partial charge in [-0.15, -0.1) is 0 Å². The van der Waals surface area contributed by atoms with Gasteiger partial charge in [-0.2, -0.15) is 0 Å². The average molecular weight is 446 g/mol. The molecule has 0 spiro atoms. The summed E-state index contributed by atoms with van der Waals surface area (Å²) in [5, 5.41) is 0. The van der Waals surface area contributed by atoms with E-state index in [1.165, 1.54) is 24.3 Å². The first-order valence-corrected chi connectivity index (χ1v) is 10.6. The highest BCUT2D eigenvalue weighted by molar-refractivity contribution is 7.91. The van der Waals surface area contributed by atoms with Crippen LogP contribution in [-0.4, -0.2) is 46.8 Å². The number of esters is 2. The minimum Gasteiger partial charge on any atom is -0.490 e. The summed E-state index contributed by atoms with van der Waals surface area (Å²) in [6.45, 7) is 6.70. The Balaban J connectivity index is 2.04. The lowest BCUT2D eigenvalue weighted by molar-refractivity contribution is -0.139. The molecule has 9 heteroatoms. The smallest absolute Gasteiger partial charge is 0.330 e. The van der Waals surface area contributed by atoms with E-state index in [-0.39, 0.29) is 36.2 Å². The van der Waals surface area contributed by atoms with Crippen molar-refractivity contribution in [3.63, 3.8) is 0 Å². The lowest BCUT2D eigenvalue weighted by Crippen LogP contribution is -2.11. The number of rotatable bonds is 12. The van der Waals surface area contributed by atoms with Crippen molar-refractivity contribution >= 4 is 21.8 Å². The van der Waals surface area contributed by atoms with Crippen molar-refractivity contribution in [2.24, 2.45) is 0 Å². The first-order chi connectivity index (χ1) is 14.9. The van der Waals surface area contributed by atoms with Crippen LogP contribution >= 0.6 is 0 Å². The van der Waals surface area contributed by atoms with Crippen LogP contribution in [0, 0.1) is 0 Å². The Morgan fingerprint density at radius 1 is 0.742 bits per heavy atom. The largest absolute Gasteiger partial charge is 0.490 e. The topological polar surface area (TPSA) is 105 Å². The van der Waals surface area contributed by atoms with E-state index in [4.69, 9.17) is 18.9 Å². The zero-order valence-corrected chi connectivity index (χ0v) is 17.5. The maximum Gasteiger partial charge on any atom is 0.330 e. The Morgan fingerprint density at radius 3 is 1.55 bits per heavy atom. The minimum absolute atomic E-state index is 0.00330. The molecule has 0 N–H and O–H groups in total. The van der Waals surface area contributed by atoms with E-state index in [2.05, 4.69) is 13.2 Å². The second-order valence-corrected chi connectivity index (χ2v) is 7.84. The average Bonchev–Trinajstić information content (AvgIpc) is 2.79. The van der Waals surface area contributed by atoms with E-state index < -0.39 is 21.8 Å². The van der Waals surface area contributed by atoms with Crippen LogP contribution in [0.2, 0.25) is 0 Å². The maximum atomic E-state index is 13.0. The monoisotopic (exact) mass is 446 g/mol. The quantitative estimate of drug-likeness (QED) is 0.278. The van der Waals surface area contributed by atoms with Gasteiger partial charge in [0.2, 0.25) is 9.84 Å². The second kappa shape index (κ2) is 11.6. The Labute approximate surface area is 180 Å². The third kappa shape index (κ3) is 7.31. The molecule has 0 radical (unpaired) electrons. The number of hydrogen-bond acceptors (Lipinski definition) is 8. The molecular formula is C22H22O8S. The van der Waals surface area contributed by atoms with Crippen molar-refractivity contribution in [1.82, 2.24) is 0 Å². The van der Waals surface area contributed by atoms with Gasteiger partial charge in [-0.05, 0) is 36.4 Å². The summed E-state index contributed by atoms with van der Waals surface area (Å²) >= 11 is 0. The molecule has 0 saturated heterocycles. The number of benzene rings is 2. The normalized spacial score (nSPS) is 10.6. The van der Waals surface area contributed by atoms with Crippen LogP contribution in [-0.2, 0) is 28.9 Å². The standard InChI is InChI=1S/C22H22O8S/c1-3-21(23)29-13-11-27-17-7-5-9-19(15-17)31(25,26)20-10-6-8-18(16-20)28-12-14-30-22(24)4-2/h3-10,15-16H,1-2,11-14H2. The summed E-state index contributed by atoms with van der Waals surface area (Å²) < 4.78 is 46.5. The number of hydrogen-bond donors (Lipinski definition) is 0. The maximum absolute atomic E-state index is 13.0. The highest BCUT2D eigenvalue weighted by atomic mass is 32.2. The van der Waals surface area contributed by atoms with Crippen molar-refractivity contribution in [3.05, 3.63) is 73.8 Å². The molecule has 0 fully saturated rings. The number of carbonyl (C=O) groups is 2. The van der Waals surface area contributed by atoms with Gasteiger partial charge < -0.3 is 18.9 Å². The number of ether oxygens (including phenoxy) is 4. The van der Waals surface area contributed by atoms with Gasteiger partial charge in [-0.1, -0.05) is 25.3 Å². The Kier molecular flexibility index (Phi) is 8.83. The van der Waals surface area contributed by atoms with Crippen molar-refractivity contribution in [2.75, 3.05) is 26.4 Å².